The molecule has 1 aromatic heterocycles. The predicted molar refractivity (Wildman–Crippen MR) is 114 cm³/mol. The van der Waals surface area contributed by atoms with Gasteiger partial charge in [0.05, 0.1) is 23.4 Å². The van der Waals surface area contributed by atoms with Crippen LogP contribution in [0.4, 0.5) is 18.9 Å². The van der Waals surface area contributed by atoms with Gasteiger partial charge in [-0.25, -0.2) is 0 Å². The molecule has 160 valence electrons. The highest BCUT2D eigenvalue weighted by atomic mass is 19.4. The van der Waals surface area contributed by atoms with E-state index >= 15 is 0 Å². The smallest absolute Gasteiger partial charge is 0.317 e. The molecular weight excluding hydrogens is 417 g/mol. The molecule has 0 spiro atoms. The molecule has 0 fully saturated rings. The topological polar surface area (TPSA) is 51.0 Å². The third-order valence-corrected chi connectivity index (χ3v) is 5.63. The normalized spacial score (nSPS) is 13.5. The number of alkyl halides is 3. The van der Waals surface area contributed by atoms with Crippen molar-refractivity contribution in [3.8, 4) is 22.5 Å². The monoisotopic (exact) mass is 434 g/mol. The van der Waals surface area contributed by atoms with Crippen molar-refractivity contribution in [3.05, 3.63) is 89.7 Å². The maximum absolute atomic E-state index is 13.6. The highest BCUT2D eigenvalue weighted by Gasteiger charge is 2.40. The van der Waals surface area contributed by atoms with Crippen LogP contribution in [0.25, 0.3) is 22.5 Å². The lowest BCUT2D eigenvalue weighted by Gasteiger charge is -2.22. The molecule has 5 nitrogen and oxygen atoms in total. The molecule has 0 saturated carbocycles. The van der Waals surface area contributed by atoms with Crippen molar-refractivity contribution >= 4 is 11.6 Å². The molecule has 8 heteroatoms. The fourth-order valence-corrected chi connectivity index (χ4v) is 4.16. The van der Waals surface area contributed by atoms with Crippen molar-refractivity contribution in [1.29, 1.82) is 0 Å². The fraction of sp³-hybridized carbons (Fsp3) is 0.125. The number of carbonyl (C=O) groups is 1. The van der Waals surface area contributed by atoms with Crippen molar-refractivity contribution in [2.45, 2.75) is 12.7 Å². The van der Waals surface area contributed by atoms with Crippen LogP contribution in [0, 0.1) is 0 Å². The molecule has 4 aromatic rings. The summed E-state index contributed by atoms with van der Waals surface area (Å²) in [5.74, 6) is 0.0407. The minimum atomic E-state index is -4.54. The number of aryl methyl sites for hydroxylation is 1. The van der Waals surface area contributed by atoms with Crippen LogP contribution in [0.5, 0.6) is 0 Å². The van der Waals surface area contributed by atoms with Crippen molar-refractivity contribution in [3.63, 3.8) is 0 Å². The Balaban J connectivity index is 1.72. The van der Waals surface area contributed by atoms with Crippen LogP contribution in [0.1, 0.15) is 21.5 Å². The van der Waals surface area contributed by atoms with Gasteiger partial charge in [0.1, 0.15) is 6.33 Å². The van der Waals surface area contributed by atoms with Gasteiger partial charge < -0.3 is 9.47 Å². The molecule has 5 rings (SSSR count). The number of rotatable bonds is 3. The Morgan fingerprint density at radius 2 is 1.62 bits per heavy atom. The lowest BCUT2D eigenvalue weighted by Crippen LogP contribution is -2.24. The maximum Gasteiger partial charge on any atom is 0.416 e. The van der Waals surface area contributed by atoms with Gasteiger partial charge in [-0.05, 0) is 34.9 Å². The molecule has 32 heavy (non-hydrogen) atoms. The van der Waals surface area contributed by atoms with E-state index < -0.39 is 17.6 Å². The van der Waals surface area contributed by atoms with Crippen molar-refractivity contribution in [2.75, 3.05) is 4.90 Å². The van der Waals surface area contributed by atoms with E-state index in [2.05, 4.69) is 10.2 Å². The summed E-state index contributed by atoms with van der Waals surface area (Å²) in [6.45, 7) is -0.174. The number of benzene rings is 3. The Kier molecular flexibility index (Phi) is 4.58. The zero-order chi connectivity index (χ0) is 22.5. The van der Waals surface area contributed by atoms with E-state index in [1.165, 1.54) is 17.0 Å². The largest absolute Gasteiger partial charge is 0.416 e. The molecular formula is C24H17F3N4O. The fourth-order valence-electron chi connectivity index (χ4n) is 4.16. The molecule has 0 atom stereocenters. The van der Waals surface area contributed by atoms with E-state index in [9.17, 15) is 18.0 Å². The third-order valence-electron chi connectivity index (χ3n) is 5.63. The van der Waals surface area contributed by atoms with Gasteiger partial charge in [0.2, 0.25) is 0 Å². The summed E-state index contributed by atoms with van der Waals surface area (Å²) in [6.07, 6.45) is -3.00. The van der Waals surface area contributed by atoms with Gasteiger partial charge in [-0.15, -0.1) is 10.2 Å². The van der Waals surface area contributed by atoms with E-state index in [4.69, 9.17) is 0 Å². The van der Waals surface area contributed by atoms with E-state index in [1.807, 2.05) is 36.4 Å². The Morgan fingerprint density at radius 1 is 0.906 bits per heavy atom. The number of carbonyl (C=O) groups excluding carboxylic acids is 1. The average molecular weight is 434 g/mol. The summed E-state index contributed by atoms with van der Waals surface area (Å²) in [6, 6.07) is 18.7. The second-order valence-electron chi connectivity index (χ2n) is 7.55. The quantitative estimate of drug-likeness (QED) is 0.438. The van der Waals surface area contributed by atoms with Crippen molar-refractivity contribution < 1.29 is 18.0 Å². The summed E-state index contributed by atoms with van der Waals surface area (Å²) in [7, 11) is 1.78. The molecule has 0 radical (unpaired) electrons. The van der Waals surface area contributed by atoms with Crippen molar-refractivity contribution in [1.82, 2.24) is 14.8 Å². The number of halogens is 3. The number of hydrogen-bond acceptors (Lipinski definition) is 3. The summed E-state index contributed by atoms with van der Waals surface area (Å²) < 4.78 is 42.5. The lowest BCUT2D eigenvalue weighted by molar-refractivity contribution is -0.138. The lowest BCUT2D eigenvalue weighted by atomic mass is 9.97. The predicted octanol–water partition coefficient (Wildman–Crippen LogP) is 5.33. The van der Waals surface area contributed by atoms with Gasteiger partial charge in [0.15, 0.2) is 5.82 Å². The molecule has 1 amide bonds. The maximum atomic E-state index is 13.6. The number of hydrogen-bond donors (Lipinski definition) is 0. The van der Waals surface area contributed by atoms with Crippen LogP contribution in [-0.2, 0) is 19.8 Å². The molecule has 3 aromatic carbocycles. The third kappa shape index (κ3) is 3.15. The Hall–Kier alpha value is -3.94. The van der Waals surface area contributed by atoms with Gasteiger partial charge in [-0.1, -0.05) is 48.5 Å². The highest BCUT2D eigenvalue weighted by Crippen LogP contribution is 2.43. The summed E-state index contributed by atoms with van der Waals surface area (Å²) in [5, 5.41) is 8.20. The van der Waals surface area contributed by atoms with E-state index in [-0.39, 0.29) is 17.7 Å². The summed E-state index contributed by atoms with van der Waals surface area (Å²) in [5.41, 5.74) is 2.08. The number of fused-ring (bicyclic) bond motifs is 1. The zero-order valence-corrected chi connectivity index (χ0v) is 17.0. The first-order valence-electron chi connectivity index (χ1n) is 9.90. The van der Waals surface area contributed by atoms with E-state index in [0.717, 1.165) is 17.2 Å². The van der Waals surface area contributed by atoms with E-state index in [0.29, 0.717) is 17.1 Å². The van der Waals surface area contributed by atoms with Crippen LogP contribution in [-0.4, -0.2) is 20.7 Å². The number of amides is 1. The first kappa shape index (κ1) is 20.0. The molecule has 0 aliphatic carbocycles. The molecule has 1 aliphatic heterocycles. The van der Waals surface area contributed by atoms with Crippen LogP contribution in [0.3, 0.4) is 0 Å². The summed E-state index contributed by atoms with van der Waals surface area (Å²) >= 11 is 0. The standard InChI is InChI=1S/C24H17F3N4O/c1-30-14-28-29-22(30)21-16(15-7-3-2-4-8-15)9-6-12-20(21)31-13-18-17(23(31)32)10-5-11-19(18)24(25,26)27/h2-12,14H,13H2,1H3. The Bertz CT molecular complexity index is 1330. The van der Waals surface area contributed by atoms with Gasteiger partial charge in [0.25, 0.3) is 5.91 Å². The number of anilines is 1. The van der Waals surface area contributed by atoms with Crippen LogP contribution >= 0.6 is 0 Å². The van der Waals surface area contributed by atoms with Gasteiger partial charge in [-0.3, -0.25) is 4.79 Å². The van der Waals surface area contributed by atoms with Crippen LogP contribution < -0.4 is 4.90 Å². The molecule has 0 bridgehead atoms. The Labute approximate surface area is 181 Å². The zero-order valence-electron chi connectivity index (χ0n) is 17.0. The second kappa shape index (κ2) is 7.33. The first-order chi connectivity index (χ1) is 15.4. The second-order valence-corrected chi connectivity index (χ2v) is 7.55. The minimum absolute atomic E-state index is 0.0148. The molecule has 1 aliphatic rings. The van der Waals surface area contributed by atoms with Gasteiger partial charge >= 0.3 is 6.18 Å². The number of nitrogens with zero attached hydrogens (tertiary/aromatic N) is 4. The average Bonchev–Trinajstić information content (AvgIpc) is 3.36. The van der Waals surface area contributed by atoms with Gasteiger partial charge in [0, 0.05) is 12.6 Å². The minimum Gasteiger partial charge on any atom is -0.317 e. The van der Waals surface area contributed by atoms with E-state index in [1.54, 1.807) is 30.1 Å². The number of aromatic nitrogens is 3. The molecule has 2 heterocycles. The van der Waals surface area contributed by atoms with Crippen LogP contribution in [0.15, 0.2) is 73.1 Å². The van der Waals surface area contributed by atoms with Crippen LogP contribution in [0.2, 0.25) is 0 Å². The van der Waals surface area contributed by atoms with Gasteiger partial charge in [-0.2, -0.15) is 13.2 Å². The van der Waals surface area contributed by atoms with Crippen molar-refractivity contribution in [2.24, 2.45) is 7.05 Å². The summed E-state index contributed by atoms with van der Waals surface area (Å²) in [4.78, 5) is 14.6. The molecule has 0 unspecified atom stereocenters. The first-order valence-corrected chi connectivity index (χ1v) is 9.90. The Morgan fingerprint density at radius 3 is 2.31 bits per heavy atom. The molecule has 0 saturated heterocycles. The highest BCUT2D eigenvalue weighted by molar-refractivity contribution is 6.12. The molecule has 0 N–H and O–H groups in total. The SMILES string of the molecule is Cn1cnnc1-c1c(-c2ccccc2)cccc1N1Cc2c(cccc2C(F)(F)F)C1=O.